The molecule has 1 saturated carbocycles. The van der Waals surface area contributed by atoms with E-state index in [0.717, 1.165) is 32.7 Å². The second-order valence-corrected chi connectivity index (χ2v) is 9.48. The molecule has 5 rings (SSSR count). The first-order valence-corrected chi connectivity index (χ1v) is 11.4. The SMILES string of the molecule is CCn1ccc(C(=O)N2CC3(CN(Cc4ccccc4)CC3C(=O)NCC3CC3)C2)n1. The van der Waals surface area contributed by atoms with Crippen molar-refractivity contribution < 1.29 is 9.59 Å². The fourth-order valence-electron chi connectivity index (χ4n) is 5.08. The molecule has 1 aromatic carbocycles. The Hall–Kier alpha value is -2.67. The van der Waals surface area contributed by atoms with Crippen LogP contribution in [0.3, 0.4) is 0 Å². The van der Waals surface area contributed by atoms with Crippen molar-refractivity contribution in [3.63, 3.8) is 0 Å². The van der Waals surface area contributed by atoms with Crippen LogP contribution >= 0.6 is 0 Å². The van der Waals surface area contributed by atoms with Crippen molar-refractivity contribution in [1.29, 1.82) is 0 Å². The van der Waals surface area contributed by atoms with Gasteiger partial charge in [-0.05, 0) is 37.3 Å². The highest BCUT2D eigenvalue weighted by molar-refractivity contribution is 5.93. The second-order valence-electron chi connectivity index (χ2n) is 9.48. The maximum absolute atomic E-state index is 13.1. The molecule has 2 amide bonds. The van der Waals surface area contributed by atoms with E-state index >= 15 is 0 Å². The summed E-state index contributed by atoms with van der Waals surface area (Å²) in [6, 6.07) is 12.2. The lowest BCUT2D eigenvalue weighted by atomic mass is 9.71. The van der Waals surface area contributed by atoms with Crippen LogP contribution < -0.4 is 5.32 Å². The molecule has 1 spiro atoms. The second kappa shape index (κ2) is 8.11. The largest absolute Gasteiger partial charge is 0.356 e. The Morgan fingerprint density at radius 1 is 1.13 bits per heavy atom. The minimum absolute atomic E-state index is 0.0310. The summed E-state index contributed by atoms with van der Waals surface area (Å²) >= 11 is 0. The molecule has 3 aliphatic rings. The highest BCUT2D eigenvalue weighted by Crippen LogP contribution is 2.45. The van der Waals surface area contributed by atoms with E-state index in [9.17, 15) is 9.59 Å². The minimum Gasteiger partial charge on any atom is -0.356 e. The van der Waals surface area contributed by atoms with Crippen molar-refractivity contribution >= 4 is 11.8 Å². The first kappa shape index (κ1) is 20.2. The third-order valence-electron chi connectivity index (χ3n) is 7.03. The van der Waals surface area contributed by atoms with Gasteiger partial charge in [-0.25, -0.2) is 0 Å². The van der Waals surface area contributed by atoms with Crippen molar-refractivity contribution in [3.05, 3.63) is 53.9 Å². The van der Waals surface area contributed by atoms with Crippen LogP contribution in [-0.2, 0) is 17.9 Å². The molecule has 1 aromatic heterocycles. The van der Waals surface area contributed by atoms with Crippen molar-refractivity contribution in [3.8, 4) is 0 Å². The Balaban J connectivity index is 1.28. The highest BCUT2D eigenvalue weighted by atomic mass is 16.2. The smallest absolute Gasteiger partial charge is 0.274 e. The first-order chi connectivity index (χ1) is 15.1. The van der Waals surface area contributed by atoms with Gasteiger partial charge in [0, 0.05) is 57.4 Å². The van der Waals surface area contributed by atoms with Gasteiger partial charge in [-0.1, -0.05) is 30.3 Å². The molecular formula is C24H31N5O2. The molecule has 0 radical (unpaired) electrons. The minimum atomic E-state index is -0.161. The molecule has 3 fully saturated rings. The predicted molar refractivity (Wildman–Crippen MR) is 117 cm³/mol. The molecule has 7 nitrogen and oxygen atoms in total. The summed E-state index contributed by atoms with van der Waals surface area (Å²) in [5, 5.41) is 7.56. The molecule has 31 heavy (non-hydrogen) atoms. The van der Waals surface area contributed by atoms with Gasteiger partial charge in [0.05, 0.1) is 5.92 Å². The summed E-state index contributed by atoms with van der Waals surface area (Å²) in [7, 11) is 0. The van der Waals surface area contributed by atoms with E-state index in [2.05, 4.69) is 39.6 Å². The molecular weight excluding hydrogens is 390 g/mol. The molecule has 7 heteroatoms. The summed E-state index contributed by atoms with van der Waals surface area (Å²) in [5.41, 5.74) is 1.59. The normalized spacial score (nSPS) is 22.5. The Kier molecular flexibility index (Phi) is 5.30. The van der Waals surface area contributed by atoms with Gasteiger partial charge in [-0.2, -0.15) is 5.10 Å². The Morgan fingerprint density at radius 3 is 2.58 bits per heavy atom. The zero-order valence-corrected chi connectivity index (χ0v) is 18.2. The number of rotatable bonds is 7. The number of likely N-dealkylation sites (tertiary alicyclic amines) is 2. The molecule has 2 aromatic rings. The number of aryl methyl sites for hydroxylation is 1. The van der Waals surface area contributed by atoms with Crippen molar-refractivity contribution in [1.82, 2.24) is 24.9 Å². The van der Waals surface area contributed by atoms with Crippen LogP contribution in [0.5, 0.6) is 0 Å². The number of hydrogen-bond acceptors (Lipinski definition) is 4. The quantitative estimate of drug-likeness (QED) is 0.742. The van der Waals surface area contributed by atoms with Gasteiger partial charge in [-0.15, -0.1) is 0 Å². The highest BCUT2D eigenvalue weighted by Gasteiger charge is 2.58. The zero-order valence-electron chi connectivity index (χ0n) is 18.2. The molecule has 1 N–H and O–H groups in total. The number of aromatic nitrogens is 2. The first-order valence-electron chi connectivity index (χ1n) is 11.4. The van der Waals surface area contributed by atoms with Crippen LogP contribution in [0.25, 0.3) is 0 Å². The molecule has 1 unspecified atom stereocenters. The predicted octanol–water partition coefficient (Wildman–Crippen LogP) is 2.00. The molecule has 2 saturated heterocycles. The fourth-order valence-corrected chi connectivity index (χ4v) is 5.08. The van der Waals surface area contributed by atoms with E-state index in [1.165, 1.54) is 18.4 Å². The number of benzene rings is 1. The van der Waals surface area contributed by atoms with E-state index < -0.39 is 0 Å². The van der Waals surface area contributed by atoms with Crippen LogP contribution in [0.15, 0.2) is 42.6 Å². The van der Waals surface area contributed by atoms with Crippen LogP contribution in [0.1, 0.15) is 35.8 Å². The number of hydrogen-bond donors (Lipinski definition) is 1. The maximum Gasteiger partial charge on any atom is 0.274 e. The lowest BCUT2D eigenvalue weighted by Gasteiger charge is -2.50. The summed E-state index contributed by atoms with van der Waals surface area (Å²) in [6.07, 6.45) is 4.29. The van der Waals surface area contributed by atoms with E-state index in [0.29, 0.717) is 24.7 Å². The number of amides is 2. The van der Waals surface area contributed by atoms with Crippen molar-refractivity contribution in [2.45, 2.75) is 32.9 Å². The van der Waals surface area contributed by atoms with Gasteiger partial charge in [0.15, 0.2) is 0 Å². The summed E-state index contributed by atoms with van der Waals surface area (Å²) in [6.45, 7) is 7.22. The van der Waals surface area contributed by atoms with E-state index in [1.54, 1.807) is 10.7 Å². The van der Waals surface area contributed by atoms with Crippen molar-refractivity contribution in [2.24, 2.45) is 17.3 Å². The van der Waals surface area contributed by atoms with E-state index in [-0.39, 0.29) is 23.1 Å². The summed E-state index contributed by atoms with van der Waals surface area (Å²) in [5.74, 6) is 0.711. The summed E-state index contributed by atoms with van der Waals surface area (Å²) in [4.78, 5) is 30.3. The van der Waals surface area contributed by atoms with Gasteiger partial charge in [0.1, 0.15) is 5.69 Å². The molecule has 2 aliphatic heterocycles. The molecule has 1 aliphatic carbocycles. The van der Waals surface area contributed by atoms with Crippen LogP contribution in [0, 0.1) is 17.3 Å². The lowest BCUT2D eigenvalue weighted by molar-refractivity contribution is -0.131. The summed E-state index contributed by atoms with van der Waals surface area (Å²) < 4.78 is 1.77. The Labute approximate surface area is 183 Å². The van der Waals surface area contributed by atoms with Crippen molar-refractivity contribution in [2.75, 3.05) is 32.7 Å². The molecule has 1 atom stereocenters. The monoisotopic (exact) mass is 421 g/mol. The maximum atomic E-state index is 13.1. The Bertz CT molecular complexity index is 946. The average Bonchev–Trinajstić information content (AvgIpc) is 3.32. The fraction of sp³-hybridized carbons (Fsp3) is 0.542. The number of nitrogens with one attached hydrogen (secondary N) is 1. The standard InChI is InChI=1S/C24H31N5O2/c1-2-29-11-10-21(26-29)23(31)28-16-24(17-28)15-27(13-19-6-4-3-5-7-19)14-20(24)22(30)25-12-18-8-9-18/h3-7,10-11,18,20H,2,8-9,12-17H2,1H3,(H,25,30). The van der Waals surface area contributed by atoms with Gasteiger partial charge in [0.2, 0.25) is 5.91 Å². The third-order valence-corrected chi connectivity index (χ3v) is 7.03. The average molecular weight is 422 g/mol. The van der Waals surface area contributed by atoms with Gasteiger partial charge in [0.25, 0.3) is 5.91 Å². The zero-order chi connectivity index (χ0) is 21.4. The van der Waals surface area contributed by atoms with Gasteiger partial charge in [-0.3, -0.25) is 19.2 Å². The topological polar surface area (TPSA) is 70.5 Å². The van der Waals surface area contributed by atoms with E-state index in [1.807, 2.05) is 24.1 Å². The Morgan fingerprint density at radius 2 is 1.90 bits per heavy atom. The van der Waals surface area contributed by atoms with Crippen LogP contribution in [-0.4, -0.2) is 64.1 Å². The van der Waals surface area contributed by atoms with E-state index in [4.69, 9.17) is 0 Å². The van der Waals surface area contributed by atoms with Gasteiger partial charge < -0.3 is 10.2 Å². The molecule has 164 valence electrons. The lowest BCUT2D eigenvalue weighted by Crippen LogP contribution is -2.64. The van der Waals surface area contributed by atoms with Crippen LogP contribution in [0.4, 0.5) is 0 Å². The number of carbonyl (C=O) groups is 2. The van der Waals surface area contributed by atoms with Crippen LogP contribution in [0.2, 0.25) is 0 Å². The third kappa shape index (κ3) is 4.11. The molecule has 0 bridgehead atoms. The van der Waals surface area contributed by atoms with Gasteiger partial charge >= 0.3 is 0 Å². The number of carbonyl (C=O) groups excluding carboxylic acids is 2. The number of nitrogens with zero attached hydrogens (tertiary/aromatic N) is 4. The molecule has 3 heterocycles.